The van der Waals surface area contributed by atoms with Crippen LogP contribution >= 0.6 is 0 Å². The van der Waals surface area contributed by atoms with Gasteiger partial charge in [0.05, 0.1) is 26.8 Å². The molecule has 3 atom stereocenters. The summed E-state index contributed by atoms with van der Waals surface area (Å²) in [6.07, 6.45) is 1.71. The monoisotopic (exact) mass is 429 g/mol. The van der Waals surface area contributed by atoms with E-state index in [1.165, 1.54) is 28.2 Å². The fourth-order valence-corrected chi connectivity index (χ4v) is 4.45. The van der Waals surface area contributed by atoms with Crippen LogP contribution in [0.25, 0.3) is 0 Å². The van der Waals surface area contributed by atoms with E-state index >= 15 is 0 Å². The van der Waals surface area contributed by atoms with E-state index in [2.05, 4.69) is 24.4 Å². The Kier molecular flexibility index (Phi) is 7.55. The minimum absolute atomic E-state index is 0.0255. The van der Waals surface area contributed by atoms with Gasteiger partial charge >= 0.3 is 0 Å². The zero-order valence-electron chi connectivity index (χ0n) is 19.1. The summed E-state index contributed by atoms with van der Waals surface area (Å²) >= 11 is 0. The molecule has 31 heavy (non-hydrogen) atoms. The molecule has 0 spiro atoms. The molecule has 1 aliphatic rings. The maximum Gasteiger partial charge on any atom is 0.222 e. The van der Waals surface area contributed by atoms with E-state index in [0.29, 0.717) is 5.75 Å². The third-order valence-corrected chi connectivity index (χ3v) is 6.17. The predicted octanol–water partition coefficient (Wildman–Crippen LogP) is 3.08. The molecule has 1 aliphatic heterocycles. The highest BCUT2D eigenvalue weighted by Crippen LogP contribution is 2.35. The van der Waals surface area contributed by atoms with Crippen LogP contribution in [0.5, 0.6) is 11.5 Å². The van der Waals surface area contributed by atoms with E-state index in [0.717, 1.165) is 37.2 Å². The van der Waals surface area contributed by atoms with Gasteiger partial charge in [0.15, 0.2) is 11.5 Å². The molecule has 168 valence electrons. The van der Waals surface area contributed by atoms with E-state index in [4.69, 9.17) is 9.47 Å². The van der Waals surface area contributed by atoms with Gasteiger partial charge in [-0.3, -0.25) is 4.79 Å². The van der Waals surface area contributed by atoms with Gasteiger partial charge in [-0.15, -0.1) is 0 Å². The fraction of sp³-hybridized carbons (Fsp3) is 0.480. The Morgan fingerprint density at radius 1 is 1.16 bits per heavy atom. The number of halogens is 1. The molecular weight excluding hydrogens is 395 g/mol. The van der Waals surface area contributed by atoms with Crippen LogP contribution in [0.3, 0.4) is 0 Å². The summed E-state index contributed by atoms with van der Waals surface area (Å²) in [6, 6.07) is 10.9. The number of amides is 1. The van der Waals surface area contributed by atoms with Crippen molar-refractivity contribution in [3.05, 3.63) is 58.9 Å². The van der Waals surface area contributed by atoms with Crippen molar-refractivity contribution < 1.29 is 23.6 Å². The van der Waals surface area contributed by atoms with Crippen LogP contribution in [0.4, 0.5) is 4.39 Å². The first-order valence-electron chi connectivity index (χ1n) is 11.0. The lowest BCUT2D eigenvalue weighted by Crippen LogP contribution is -3.13. The topological polar surface area (TPSA) is 52.0 Å². The molecule has 1 amide bonds. The largest absolute Gasteiger partial charge is 0.493 e. The van der Waals surface area contributed by atoms with E-state index in [1.807, 2.05) is 26.0 Å². The molecule has 0 bridgehead atoms. The average Bonchev–Trinajstić information content (AvgIpc) is 2.77. The molecule has 0 saturated heterocycles. The number of fused-ring (bicyclic) bond motifs is 1. The molecular formula is C25H34FN2O3+. The lowest BCUT2D eigenvalue weighted by atomic mass is 9.86. The minimum atomic E-state index is -0.230. The van der Waals surface area contributed by atoms with Gasteiger partial charge in [-0.05, 0) is 36.2 Å². The van der Waals surface area contributed by atoms with Crippen LogP contribution in [0.2, 0.25) is 0 Å². The van der Waals surface area contributed by atoms with E-state index in [1.54, 1.807) is 14.2 Å². The minimum Gasteiger partial charge on any atom is -0.493 e. The van der Waals surface area contributed by atoms with Gasteiger partial charge in [0, 0.05) is 23.5 Å². The normalized spacial score (nSPS) is 18.9. The first kappa shape index (κ1) is 23.1. The molecule has 1 unspecified atom stereocenters. The van der Waals surface area contributed by atoms with Crippen molar-refractivity contribution in [3.8, 4) is 11.5 Å². The van der Waals surface area contributed by atoms with Crippen molar-refractivity contribution in [1.29, 1.82) is 0 Å². The molecule has 0 fully saturated rings. The molecule has 0 saturated carbocycles. The Morgan fingerprint density at radius 2 is 1.81 bits per heavy atom. The second-order valence-electron chi connectivity index (χ2n) is 8.52. The SMILES string of the molecule is CC[C@@H](NC(=O)C(C)C)[C@@H]1c2cc(OC)c(OC)cc2CC[NH+]1Cc1ccc(F)cc1. The van der Waals surface area contributed by atoms with Gasteiger partial charge in [-0.1, -0.05) is 32.9 Å². The number of rotatable bonds is 8. The number of benzene rings is 2. The van der Waals surface area contributed by atoms with Gasteiger partial charge < -0.3 is 19.7 Å². The number of hydrogen-bond donors (Lipinski definition) is 2. The second-order valence-corrected chi connectivity index (χ2v) is 8.52. The van der Waals surface area contributed by atoms with Crippen molar-refractivity contribution in [2.24, 2.45) is 5.92 Å². The Hall–Kier alpha value is -2.60. The number of methoxy groups -OCH3 is 2. The molecule has 0 aromatic heterocycles. The van der Waals surface area contributed by atoms with Gasteiger partial charge in [0.1, 0.15) is 18.4 Å². The first-order chi connectivity index (χ1) is 14.9. The molecule has 6 heteroatoms. The van der Waals surface area contributed by atoms with E-state index in [-0.39, 0.29) is 29.7 Å². The van der Waals surface area contributed by atoms with Crippen LogP contribution in [-0.4, -0.2) is 32.7 Å². The summed E-state index contributed by atoms with van der Waals surface area (Å²) < 4.78 is 24.5. The molecule has 5 nitrogen and oxygen atoms in total. The second kappa shape index (κ2) is 10.1. The summed E-state index contributed by atoms with van der Waals surface area (Å²) in [5.74, 6) is 1.16. The van der Waals surface area contributed by atoms with Crippen LogP contribution < -0.4 is 19.7 Å². The summed E-state index contributed by atoms with van der Waals surface area (Å²) in [7, 11) is 3.29. The third-order valence-electron chi connectivity index (χ3n) is 6.17. The van der Waals surface area contributed by atoms with Crippen molar-refractivity contribution >= 4 is 5.91 Å². The zero-order chi connectivity index (χ0) is 22.5. The standard InChI is InChI=1S/C25H33FN2O3/c1-6-21(27-25(29)16(2)3)24-20-14-23(31-5)22(30-4)13-18(20)11-12-28(24)15-17-7-9-19(26)10-8-17/h7-10,13-14,16,21,24H,6,11-12,15H2,1-5H3,(H,27,29)/p+1/t21-,24+/m1/s1. The van der Waals surface area contributed by atoms with E-state index < -0.39 is 0 Å². The van der Waals surface area contributed by atoms with Gasteiger partial charge in [0.2, 0.25) is 5.91 Å². The Labute approximate surface area is 184 Å². The van der Waals surface area contributed by atoms with Crippen molar-refractivity contribution in [2.45, 2.75) is 52.2 Å². The Morgan fingerprint density at radius 3 is 2.39 bits per heavy atom. The van der Waals surface area contributed by atoms with Gasteiger partial charge in [-0.2, -0.15) is 0 Å². The molecule has 1 heterocycles. The maximum atomic E-state index is 13.4. The number of carbonyl (C=O) groups is 1. The smallest absolute Gasteiger partial charge is 0.222 e. The maximum absolute atomic E-state index is 13.4. The quantitative estimate of drug-likeness (QED) is 0.678. The highest BCUT2D eigenvalue weighted by molar-refractivity contribution is 5.78. The molecule has 0 radical (unpaired) electrons. The number of carbonyl (C=O) groups excluding carboxylic acids is 1. The van der Waals surface area contributed by atoms with Crippen LogP contribution in [0, 0.1) is 11.7 Å². The lowest BCUT2D eigenvalue weighted by molar-refractivity contribution is -0.948. The molecule has 2 aromatic carbocycles. The molecule has 2 aromatic rings. The van der Waals surface area contributed by atoms with Gasteiger partial charge in [-0.25, -0.2) is 4.39 Å². The molecule has 0 aliphatic carbocycles. The van der Waals surface area contributed by atoms with Crippen LogP contribution in [0.1, 0.15) is 49.9 Å². The fourth-order valence-electron chi connectivity index (χ4n) is 4.45. The zero-order valence-corrected chi connectivity index (χ0v) is 19.1. The van der Waals surface area contributed by atoms with Crippen LogP contribution in [0.15, 0.2) is 36.4 Å². The first-order valence-corrected chi connectivity index (χ1v) is 11.0. The van der Waals surface area contributed by atoms with E-state index in [9.17, 15) is 9.18 Å². The Bertz CT molecular complexity index is 898. The Balaban J connectivity index is 2.02. The lowest BCUT2D eigenvalue weighted by Gasteiger charge is -2.39. The van der Waals surface area contributed by atoms with Crippen molar-refractivity contribution in [1.82, 2.24) is 5.32 Å². The number of hydrogen-bond acceptors (Lipinski definition) is 3. The van der Waals surface area contributed by atoms with Crippen molar-refractivity contribution in [3.63, 3.8) is 0 Å². The number of nitrogens with one attached hydrogen (secondary N) is 2. The highest BCUT2D eigenvalue weighted by Gasteiger charge is 2.38. The summed E-state index contributed by atoms with van der Waals surface area (Å²) in [5, 5.41) is 3.28. The number of ether oxygens (including phenoxy) is 2. The molecule has 3 rings (SSSR count). The summed E-state index contributed by atoms with van der Waals surface area (Å²) in [4.78, 5) is 13.9. The predicted molar refractivity (Wildman–Crippen MR) is 119 cm³/mol. The molecule has 2 N–H and O–H groups in total. The van der Waals surface area contributed by atoms with Gasteiger partial charge in [0.25, 0.3) is 0 Å². The highest BCUT2D eigenvalue weighted by atomic mass is 19.1. The number of quaternary nitrogens is 1. The van der Waals surface area contributed by atoms with Crippen LogP contribution in [-0.2, 0) is 17.8 Å². The summed E-state index contributed by atoms with van der Waals surface area (Å²) in [6.45, 7) is 7.60. The average molecular weight is 430 g/mol. The summed E-state index contributed by atoms with van der Waals surface area (Å²) in [5.41, 5.74) is 3.48. The van der Waals surface area contributed by atoms with Crippen molar-refractivity contribution in [2.75, 3.05) is 20.8 Å². The third kappa shape index (κ3) is 5.18.